The maximum absolute atomic E-state index is 14.0. The lowest BCUT2D eigenvalue weighted by molar-refractivity contribution is -0.131. The van der Waals surface area contributed by atoms with Gasteiger partial charge in [-0.15, -0.1) is 10.2 Å². The number of hydrogen-bond acceptors (Lipinski definition) is 8. The fraction of sp³-hybridized carbons (Fsp3) is 0.370. The SMILES string of the molecule is Cc1nc(C)c(-c2nnc(-c3ccnc(C(C)(F)F)n3)o2)c(C2CCN(C(=O)Cc3c(F)cccc3F)CC2)n1. The Hall–Kier alpha value is -4.29. The number of alkyl halides is 2. The van der Waals surface area contributed by atoms with Crippen LogP contribution in [0.4, 0.5) is 17.6 Å². The Bertz CT molecular complexity index is 1540. The number of benzene rings is 1. The highest BCUT2D eigenvalue weighted by Crippen LogP contribution is 2.36. The van der Waals surface area contributed by atoms with Crippen LogP contribution in [-0.4, -0.2) is 54.0 Å². The van der Waals surface area contributed by atoms with Crippen LogP contribution in [0.25, 0.3) is 23.0 Å². The molecule has 5 rings (SSSR count). The van der Waals surface area contributed by atoms with Crippen LogP contribution in [0.1, 0.15) is 54.3 Å². The monoisotopic (exact) mass is 555 g/mol. The average Bonchev–Trinajstić information content (AvgIpc) is 3.40. The van der Waals surface area contributed by atoms with Crippen LogP contribution >= 0.6 is 0 Å². The molecule has 0 spiro atoms. The van der Waals surface area contributed by atoms with Gasteiger partial charge in [-0.25, -0.2) is 28.7 Å². The molecule has 0 N–H and O–H groups in total. The van der Waals surface area contributed by atoms with Gasteiger partial charge >= 0.3 is 5.92 Å². The Kier molecular flexibility index (Phi) is 7.30. The molecule has 208 valence electrons. The second-order valence-electron chi connectivity index (χ2n) is 9.71. The number of likely N-dealkylation sites (tertiary alicyclic amines) is 1. The number of carbonyl (C=O) groups is 1. The topological polar surface area (TPSA) is 111 Å². The molecule has 0 bridgehead atoms. The van der Waals surface area contributed by atoms with Gasteiger partial charge in [-0.3, -0.25) is 4.79 Å². The van der Waals surface area contributed by atoms with E-state index in [1.807, 2.05) is 0 Å². The highest BCUT2D eigenvalue weighted by atomic mass is 19.3. The Morgan fingerprint density at radius 1 is 1.02 bits per heavy atom. The van der Waals surface area contributed by atoms with Crippen molar-refractivity contribution in [2.24, 2.45) is 0 Å². The van der Waals surface area contributed by atoms with Crippen LogP contribution in [0.5, 0.6) is 0 Å². The van der Waals surface area contributed by atoms with Crippen LogP contribution in [0.15, 0.2) is 34.9 Å². The lowest BCUT2D eigenvalue weighted by Gasteiger charge is -2.32. The highest BCUT2D eigenvalue weighted by molar-refractivity contribution is 5.79. The summed E-state index contributed by atoms with van der Waals surface area (Å²) in [5.74, 6) is -5.28. The first-order chi connectivity index (χ1) is 19.0. The minimum Gasteiger partial charge on any atom is -0.414 e. The molecular formula is C27H25F4N7O2. The van der Waals surface area contributed by atoms with E-state index < -0.39 is 23.4 Å². The summed E-state index contributed by atoms with van der Waals surface area (Å²) in [5, 5.41) is 8.13. The lowest BCUT2D eigenvalue weighted by atomic mass is 9.89. The molecular weight excluding hydrogens is 530 g/mol. The average molecular weight is 556 g/mol. The number of halogens is 4. The third kappa shape index (κ3) is 5.54. The molecule has 9 nitrogen and oxygen atoms in total. The summed E-state index contributed by atoms with van der Waals surface area (Å²) in [4.78, 5) is 31.0. The van der Waals surface area contributed by atoms with Crippen molar-refractivity contribution in [3.05, 3.63) is 70.7 Å². The molecule has 1 aliphatic rings. The third-order valence-corrected chi connectivity index (χ3v) is 6.76. The van der Waals surface area contributed by atoms with E-state index in [4.69, 9.17) is 4.42 Å². The molecule has 1 saturated heterocycles. The summed E-state index contributed by atoms with van der Waals surface area (Å²) >= 11 is 0. The lowest BCUT2D eigenvalue weighted by Crippen LogP contribution is -2.39. The minimum atomic E-state index is -3.24. The molecule has 0 saturated carbocycles. The summed E-state index contributed by atoms with van der Waals surface area (Å²) in [5.41, 5.74) is 1.59. The summed E-state index contributed by atoms with van der Waals surface area (Å²) < 4.78 is 61.4. The zero-order valence-corrected chi connectivity index (χ0v) is 22.0. The maximum atomic E-state index is 14.0. The van der Waals surface area contributed by atoms with Gasteiger partial charge in [0.1, 0.15) is 23.2 Å². The Labute approximate surface area is 226 Å². The molecule has 0 aliphatic carbocycles. The van der Waals surface area contributed by atoms with E-state index in [0.29, 0.717) is 55.6 Å². The number of nitrogens with zero attached hydrogens (tertiary/aromatic N) is 7. The summed E-state index contributed by atoms with van der Waals surface area (Å²) in [6.45, 7) is 4.96. The fourth-order valence-electron chi connectivity index (χ4n) is 4.78. The van der Waals surface area contributed by atoms with Crippen LogP contribution in [-0.2, 0) is 17.1 Å². The summed E-state index contributed by atoms with van der Waals surface area (Å²) in [7, 11) is 0. The van der Waals surface area contributed by atoms with Crippen molar-refractivity contribution in [2.75, 3.05) is 13.1 Å². The van der Waals surface area contributed by atoms with E-state index in [0.717, 1.165) is 12.1 Å². The molecule has 4 heterocycles. The number of aryl methyl sites for hydroxylation is 2. The molecule has 40 heavy (non-hydrogen) atoms. The van der Waals surface area contributed by atoms with Gasteiger partial charge in [0.05, 0.1) is 23.4 Å². The van der Waals surface area contributed by atoms with Crippen LogP contribution in [0.3, 0.4) is 0 Å². The van der Waals surface area contributed by atoms with Crippen molar-refractivity contribution in [1.82, 2.24) is 35.0 Å². The molecule has 1 amide bonds. The Morgan fingerprint density at radius 3 is 2.38 bits per heavy atom. The first kappa shape index (κ1) is 27.3. The van der Waals surface area contributed by atoms with Crippen molar-refractivity contribution in [1.29, 1.82) is 0 Å². The second-order valence-corrected chi connectivity index (χ2v) is 9.71. The van der Waals surface area contributed by atoms with Crippen molar-refractivity contribution in [3.63, 3.8) is 0 Å². The smallest absolute Gasteiger partial charge is 0.303 e. The van der Waals surface area contributed by atoms with Gasteiger partial charge in [0.2, 0.25) is 5.91 Å². The quantitative estimate of drug-likeness (QED) is 0.308. The molecule has 3 aromatic heterocycles. The fourth-order valence-corrected chi connectivity index (χ4v) is 4.78. The van der Waals surface area contributed by atoms with Gasteiger partial charge in [0.15, 0.2) is 5.82 Å². The van der Waals surface area contributed by atoms with Crippen LogP contribution in [0.2, 0.25) is 0 Å². The molecule has 0 unspecified atom stereocenters. The van der Waals surface area contributed by atoms with Gasteiger partial charge in [-0.1, -0.05) is 6.07 Å². The van der Waals surface area contributed by atoms with E-state index in [-0.39, 0.29) is 41.3 Å². The number of aromatic nitrogens is 6. The zero-order chi connectivity index (χ0) is 28.6. The number of carbonyl (C=O) groups excluding carboxylic acids is 1. The van der Waals surface area contributed by atoms with Crippen molar-refractivity contribution >= 4 is 5.91 Å². The molecule has 0 radical (unpaired) electrons. The second kappa shape index (κ2) is 10.7. The van der Waals surface area contributed by atoms with E-state index in [1.165, 1.54) is 18.3 Å². The molecule has 1 aromatic carbocycles. The molecule has 1 aliphatic heterocycles. The van der Waals surface area contributed by atoms with Gasteiger partial charge in [-0.05, 0) is 44.9 Å². The minimum absolute atomic E-state index is 0.0515. The third-order valence-electron chi connectivity index (χ3n) is 6.76. The van der Waals surface area contributed by atoms with Crippen LogP contribution < -0.4 is 0 Å². The normalized spacial score (nSPS) is 14.5. The molecule has 13 heteroatoms. The van der Waals surface area contributed by atoms with E-state index >= 15 is 0 Å². The maximum Gasteiger partial charge on any atom is 0.303 e. The predicted octanol–water partition coefficient (Wildman–Crippen LogP) is 4.94. The molecule has 4 aromatic rings. The first-order valence-electron chi connectivity index (χ1n) is 12.6. The molecule has 1 fully saturated rings. The van der Waals surface area contributed by atoms with Crippen LogP contribution in [0, 0.1) is 25.5 Å². The predicted molar refractivity (Wildman–Crippen MR) is 134 cm³/mol. The zero-order valence-electron chi connectivity index (χ0n) is 22.0. The highest BCUT2D eigenvalue weighted by Gasteiger charge is 2.31. The number of amides is 1. The van der Waals surface area contributed by atoms with Crippen molar-refractivity contribution < 1.29 is 26.8 Å². The molecule has 0 atom stereocenters. The number of piperidine rings is 1. The van der Waals surface area contributed by atoms with E-state index in [2.05, 4.69) is 30.1 Å². The Balaban J connectivity index is 1.37. The first-order valence-corrected chi connectivity index (χ1v) is 12.6. The van der Waals surface area contributed by atoms with Crippen molar-refractivity contribution in [3.8, 4) is 23.0 Å². The number of hydrogen-bond donors (Lipinski definition) is 0. The standard InChI is InChI=1S/C27H25F4N7O2/c1-14-22(25-37-36-24(40-25)20-7-10-32-26(35-20)27(3,30)31)23(34-15(2)33-14)16-8-11-38(12-9-16)21(39)13-17-18(28)5-4-6-19(17)29/h4-7,10,16H,8-9,11-13H2,1-3H3. The number of rotatable bonds is 6. The van der Waals surface area contributed by atoms with Gasteiger partial charge in [0, 0.05) is 37.7 Å². The van der Waals surface area contributed by atoms with Gasteiger partial charge < -0.3 is 9.32 Å². The van der Waals surface area contributed by atoms with E-state index in [9.17, 15) is 22.4 Å². The van der Waals surface area contributed by atoms with Crippen molar-refractivity contribution in [2.45, 2.75) is 51.9 Å². The van der Waals surface area contributed by atoms with E-state index in [1.54, 1.807) is 18.7 Å². The van der Waals surface area contributed by atoms with Gasteiger partial charge in [-0.2, -0.15) is 8.78 Å². The Morgan fingerprint density at radius 2 is 1.70 bits per heavy atom. The largest absolute Gasteiger partial charge is 0.414 e. The summed E-state index contributed by atoms with van der Waals surface area (Å²) in [6.07, 6.45) is 1.91. The summed E-state index contributed by atoms with van der Waals surface area (Å²) in [6, 6.07) is 4.91. The van der Waals surface area contributed by atoms with Gasteiger partial charge in [0.25, 0.3) is 11.8 Å².